The highest BCUT2D eigenvalue weighted by atomic mass is 16.5. The zero-order chi connectivity index (χ0) is 14.7. The van der Waals surface area contributed by atoms with Crippen LogP contribution in [0.4, 0.5) is 0 Å². The van der Waals surface area contributed by atoms with E-state index in [4.69, 9.17) is 4.74 Å². The second-order valence-corrected chi connectivity index (χ2v) is 5.49. The molecule has 0 unspecified atom stereocenters. The summed E-state index contributed by atoms with van der Waals surface area (Å²) in [6.45, 7) is 8.53. The summed E-state index contributed by atoms with van der Waals surface area (Å²) in [5.41, 5.74) is 5.66. The molecule has 0 aromatic heterocycles. The molecule has 2 heteroatoms. The SMILES string of the molecule is Cc1cc(C)cc(COc2ccc([C@H](C)O)cc2C)c1. The minimum Gasteiger partial charge on any atom is -0.489 e. The third-order valence-electron chi connectivity index (χ3n) is 3.36. The lowest BCUT2D eigenvalue weighted by atomic mass is 10.1. The molecule has 2 rings (SSSR count). The number of hydrogen-bond acceptors (Lipinski definition) is 2. The number of ether oxygens (including phenoxy) is 1. The summed E-state index contributed by atoms with van der Waals surface area (Å²) in [5.74, 6) is 0.869. The molecule has 1 N–H and O–H groups in total. The molecule has 2 nitrogen and oxygen atoms in total. The van der Waals surface area contributed by atoms with Crippen LogP contribution in [0.1, 0.15) is 40.8 Å². The van der Waals surface area contributed by atoms with Crippen LogP contribution >= 0.6 is 0 Å². The molecular formula is C18H22O2. The minimum absolute atomic E-state index is 0.442. The Morgan fingerprint density at radius 2 is 1.65 bits per heavy atom. The Kier molecular flexibility index (Phi) is 4.46. The van der Waals surface area contributed by atoms with Gasteiger partial charge in [0.1, 0.15) is 12.4 Å². The summed E-state index contributed by atoms with van der Waals surface area (Å²) in [4.78, 5) is 0. The molecule has 0 heterocycles. The Bertz CT molecular complexity index is 580. The third-order valence-corrected chi connectivity index (χ3v) is 3.36. The van der Waals surface area contributed by atoms with E-state index in [1.807, 2.05) is 25.1 Å². The van der Waals surface area contributed by atoms with Crippen LogP contribution in [0.15, 0.2) is 36.4 Å². The van der Waals surface area contributed by atoms with Crippen LogP contribution in [0.5, 0.6) is 5.75 Å². The summed E-state index contributed by atoms with van der Waals surface area (Å²) in [6, 6.07) is 12.3. The highest BCUT2D eigenvalue weighted by Gasteiger charge is 2.05. The zero-order valence-electron chi connectivity index (χ0n) is 12.6. The van der Waals surface area contributed by atoms with E-state index in [2.05, 4.69) is 32.0 Å². The molecule has 0 amide bonds. The van der Waals surface area contributed by atoms with Crippen molar-refractivity contribution in [2.24, 2.45) is 0 Å². The van der Waals surface area contributed by atoms with Crippen molar-refractivity contribution in [1.29, 1.82) is 0 Å². The fraction of sp³-hybridized carbons (Fsp3) is 0.333. The van der Waals surface area contributed by atoms with E-state index in [1.165, 1.54) is 16.7 Å². The summed E-state index contributed by atoms with van der Waals surface area (Å²) in [6.07, 6.45) is -0.442. The van der Waals surface area contributed by atoms with E-state index in [1.54, 1.807) is 6.92 Å². The predicted molar refractivity (Wildman–Crippen MR) is 82.1 cm³/mol. The van der Waals surface area contributed by atoms with Crippen molar-refractivity contribution in [3.8, 4) is 5.75 Å². The average Bonchev–Trinajstić information content (AvgIpc) is 2.36. The Hall–Kier alpha value is -1.80. The third kappa shape index (κ3) is 3.61. The summed E-state index contributed by atoms with van der Waals surface area (Å²) in [5, 5.41) is 9.57. The van der Waals surface area contributed by atoms with Gasteiger partial charge in [0.2, 0.25) is 0 Å². The van der Waals surface area contributed by atoms with Gasteiger partial charge in [-0.1, -0.05) is 35.4 Å². The number of rotatable bonds is 4. The Morgan fingerprint density at radius 3 is 2.20 bits per heavy atom. The molecule has 0 saturated carbocycles. The van der Waals surface area contributed by atoms with E-state index in [0.29, 0.717) is 6.61 Å². The standard InChI is InChI=1S/C18H22O2/c1-12-7-13(2)9-16(8-12)11-20-18-6-5-17(15(4)19)10-14(18)3/h5-10,15,19H,11H2,1-4H3/t15-/m0/s1. The highest BCUT2D eigenvalue weighted by Crippen LogP contribution is 2.23. The lowest BCUT2D eigenvalue weighted by Crippen LogP contribution is -1.99. The number of hydrogen-bond donors (Lipinski definition) is 1. The molecule has 0 radical (unpaired) electrons. The van der Waals surface area contributed by atoms with Crippen molar-refractivity contribution in [1.82, 2.24) is 0 Å². The molecule has 0 spiro atoms. The molecule has 2 aromatic carbocycles. The van der Waals surface area contributed by atoms with Gasteiger partial charge in [0.05, 0.1) is 6.10 Å². The van der Waals surface area contributed by atoms with E-state index in [-0.39, 0.29) is 0 Å². The van der Waals surface area contributed by atoms with Crippen LogP contribution in [-0.4, -0.2) is 5.11 Å². The Morgan fingerprint density at radius 1 is 1.00 bits per heavy atom. The first-order valence-corrected chi connectivity index (χ1v) is 6.94. The first-order chi connectivity index (χ1) is 9.45. The van der Waals surface area contributed by atoms with E-state index in [0.717, 1.165) is 16.9 Å². The molecule has 1 atom stereocenters. The number of aryl methyl sites for hydroxylation is 3. The van der Waals surface area contributed by atoms with Gasteiger partial charge in [0.25, 0.3) is 0 Å². The maximum absolute atomic E-state index is 9.57. The summed E-state index contributed by atoms with van der Waals surface area (Å²) in [7, 11) is 0. The van der Waals surface area contributed by atoms with Crippen molar-refractivity contribution in [3.63, 3.8) is 0 Å². The average molecular weight is 270 g/mol. The Balaban J connectivity index is 2.11. The summed E-state index contributed by atoms with van der Waals surface area (Å²) < 4.78 is 5.89. The van der Waals surface area contributed by atoms with Gasteiger partial charge >= 0.3 is 0 Å². The quantitative estimate of drug-likeness (QED) is 0.900. The molecule has 2 aromatic rings. The van der Waals surface area contributed by atoms with Crippen molar-refractivity contribution in [2.75, 3.05) is 0 Å². The van der Waals surface area contributed by atoms with Crippen molar-refractivity contribution in [3.05, 3.63) is 64.2 Å². The fourth-order valence-corrected chi connectivity index (χ4v) is 2.41. The number of aliphatic hydroxyl groups excluding tert-OH is 1. The smallest absolute Gasteiger partial charge is 0.122 e. The highest BCUT2D eigenvalue weighted by molar-refractivity contribution is 5.37. The van der Waals surface area contributed by atoms with Crippen LogP contribution in [0.25, 0.3) is 0 Å². The lowest BCUT2D eigenvalue weighted by molar-refractivity contribution is 0.199. The van der Waals surface area contributed by atoms with Crippen LogP contribution < -0.4 is 4.74 Å². The minimum atomic E-state index is -0.442. The molecule has 0 aliphatic heterocycles. The second-order valence-electron chi connectivity index (χ2n) is 5.49. The molecular weight excluding hydrogens is 248 g/mol. The molecule has 106 valence electrons. The van der Waals surface area contributed by atoms with Gasteiger partial charge in [0.15, 0.2) is 0 Å². The van der Waals surface area contributed by atoms with Crippen molar-refractivity contribution < 1.29 is 9.84 Å². The number of aliphatic hydroxyl groups is 1. The van der Waals surface area contributed by atoms with Gasteiger partial charge < -0.3 is 9.84 Å². The monoisotopic (exact) mass is 270 g/mol. The van der Waals surface area contributed by atoms with Crippen LogP contribution in [0, 0.1) is 20.8 Å². The largest absolute Gasteiger partial charge is 0.489 e. The lowest BCUT2D eigenvalue weighted by Gasteiger charge is -2.12. The Labute approximate surface area is 121 Å². The maximum Gasteiger partial charge on any atom is 0.122 e. The molecule has 0 saturated heterocycles. The number of benzene rings is 2. The summed E-state index contributed by atoms with van der Waals surface area (Å²) >= 11 is 0. The molecule has 0 aliphatic rings. The van der Waals surface area contributed by atoms with Gasteiger partial charge in [-0.3, -0.25) is 0 Å². The zero-order valence-corrected chi connectivity index (χ0v) is 12.6. The topological polar surface area (TPSA) is 29.5 Å². The van der Waals surface area contributed by atoms with Gasteiger partial charge in [-0.25, -0.2) is 0 Å². The molecule has 0 fully saturated rings. The van der Waals surface area contributed by atoms with E-state index < -0.39 is 6.10 Å². The second kappa shape index (κ2) is 6.10. The fourth-order valence-electron chi connectivity index (χ4n) is 2.41. The van der Waals surface area contributed by atoms with Crippen LogP contribution in [-0.2, 0) is 6.61 Å². The van der Waals surface area contributed by atoms with Crippen molar-refractivity contribution >= 4 is 0 Å². The molecule has 0 aliphatic carbocycles. The first-order valence-electron chi connectivity index (χ1n) is 6.94. The van der Waals surface area contributed by atoms with Gasteiger partial charge in [-0.15, -0.1) is 0 Å². The van der Waals surface area contributed by atoms with Gasteiger partial charge in [-0.05, 0) is 56.5 Å². The van der Waals surface area contributed by atoms with Crippen LogP contribution in [0.3, 0.4) is 0 Å². The first kappa shape index (κ1) is 14.6. The predicted octanol–water partition coefficient (Wildman–Crippen LogP) is 4.24. The molecule has 20 heavy (non-hydrogen) atoms. The van der Waals surface area contributed by atoms with Gasteiger partial charge in [0, 0.05) is 0 Å². The van der Waals surface area contributed by atoms with Gasteiger partial charge in [-0.2, -0.15) is 0 Å². The molecule has 0 bridgehead atoms. The van der Waals surface area contributed by atoms with Crippen molar-refractivity contribution in [2.45, 2.75) is 40.4 Å². The van der Waals surface area contributed by atoms with E-state index >= 15 is 0 Å². The van der Waals surface area contributed by atoms with E-state index in [9.17, 15) is 5.11 Å². The normalized spacial score (nSPS) is 12.2. The maximum atomic E-state index is 9.57. The van der Waals surface area contributed by atoms with Crippen LogP contribution in [0.2, 0.25) is 0 Å².